The summed E-state index contributed by atoms with van der Waals surface area (Å²) in [5.74, 6) is 1.11. The van der Waals surface area contributed by atoms with Crippen molar-refractivity contribution in [2.24, 2.45) is 4.99 Å². The van der Waals surface area contributed by atoms with Gasteiger partial charge in [-0.25, -0.2) is 0 Å². The Labute approximate surface area is 129 Å². The van der Waals surface area contributed by atoms with Crippen LogP contribution in [-0.4, -0.2) is 27.8 Å². The van der Waals surface area contributed by atoms with Crippen LogP contribution in [0.15, 0.2) is 23.2 Å². The maximum Gasteiger partial charge on any atom is 0.237 e. The van der Waals surface area contributed by atoms with Crippen molar-refractivity contribution in [1.82, 2.24) is 0 Å². The molecule has 1 N–H and O–H groups in total. The average molecular weight is 308 g/mol. The topological polar surface area (TPSA) is 41.5 Å². The van der Waals surface area contributed by atoms with E-state index >= 15 is 0 Å². The number of anilines is 1. The number of thioether (sulfide) groups is 2. The second kappa shape index (κ2) is 7.18. The molecule has 1 heterocycles. The van der Waals surface area contributed by atoms with Gasteiger partial charge in [-0.2, -0.15) is 0 Å². The van der Waals surface area contributed by atoms with Gasteiger partial charge in [0.05, 0.1) is 11.8 Å². The Bertz CT molecular complexity index is 508. The Morgan fingerprint density at radius 3 is 2.65 bits per heavy atom. The van der Waals surface area contributed by atoms with E-state index in [4.69, 9.17) is 0 Å². The standard InChI is InChI=1S/C15H20N2OS2/c1-4-13(20-15-16-5-6-19-15)14(18)17-12-8-10(2)7-11(3)9-12/h7-9,13H,4-6H2,1-3H3,(H,17,18). The van der Waals surface area contributed by atoms with Crippen LogP contribution in [0.4, 0.5) is 5.69 Å². The molecule has 1 aromatic carbocycles. The minimum Gasteiger partial charge on any atom is -0.325 e. The molecule has 0 radical (unpaired) electrons. The molecule has 0 bridgehead atoms. The Hall–Kier alpha value is -0.940. The monoisotopic (exact) mass is 308 g/mol. The minimum absolute atomic E-state index is 0.0673. The molecule has 1 amide bonds. The number of hydrogen-bond donors (Lipinski definition) is 1. The third-order valence-corrected chi connectivity index (χ3v) is 5.52. The van der Waals surface area contributed by atoms with Crippen LogP contribution in [0.1, 0.15) is 24.5 Å². The fraction of sp³-hybridized carbons (Fsp3) is 0.467. The number of nitrogens with one attached hydrogen (secondary N) is 1. The lowest BCUT2D eigenvalue weighted by Gasteiger charge is -2.15. The zero-order chi connectivity index (χ0) is 14.5. The van der Waals surface area contributed by atoms with Crippen molar-refractivity contribution >= 4 is 39.5 Å². The molecule has 0 aromatic heterocycles. The molecule has 0 aliphatic carbocycles. The highest BCUT2D eigenvalue weighted by molar-refractivity contribution is 8.39. The first-order valence-corrected chi connectivity index (χ1v) is 8.68. The summed E-state index contributed by atoms with van der Waals surface area (Å²) < 4.78 is 1.05. The van der Waals surface area contributed by atoms with Crippen molar-refractivity contribution < 1.29 is 4.79 Å². The first-order chi connectivity index (χ1) is 9.58. The first kappa shape index (κ1) is 15.4. The zero-order valence-corrected chi connectivity index (χ0v) is 13.7. The van der Waals surface area contributed by atoms with Crippen molar-refractivity contribution in [2.75, 3.05) is 17.6 Å². The summed E-state index contributed by atoms with van der Waals surface area (Å²) >= 11 is 3.34. The van der Waals surface area contributed by atoms with Gasteiger partial charge in [0.15, 0.2) is 0 Å². The number of aliphatic imine (C=N–C) groups is 1. The molecule has 5 heteroatoms. The molecule has 1 aliphatic heterocycles. The summed E-state index contributed by atoms with van der Waals surface area (Å²) in [6.45, 7) is 7.00. The molecular weight excluding hydrogens is 288 g/mol. The molecule has 0 fully saturated rings. The van der Waals surface area contributed by atoms with Crippen molar-refractivity contribution in [2.45, 2.75) is 32.4 Å². The van der Waals surface area contributed by atoms with Crippen LogP contribution < -0.4 is 5.32 Å². The number of carbonyl (C=O) groups is 1. The molecule has 2 rings (SSSR count). The highest BCUT2D eigenvalue weighted by atomic mass is 32.2. The number of benzene rings is 1. The number of nitrogens with zero attached hydrogens (tertiary/aromatic N) is 1. The lowest BCUT2D eigenvalue weighted by molar-refractivity contribution is -0.115. The average Bonchev–Trinajstić information content (AvgIpc) is 2.87. The third kappa shape index (κ3) is 4.28. The molecule has 1 atom stereocenters. The first-order valence-electron chi connectivity index (χ1n) is 6.81. The minimum atomic E-state index is -0.0693. The normalized spacial score (nSPS) is 15.8. The van der Waals surface area contributed by atoms with Crippen molar-refractivity contribution in [3.05, 3.63) is 29.3 Å². The molecule has 108 valence electrons. The molecule has 0 saturated heterocycles. The molecule has 1 unspecified atom stereocenters. The predicted octanol–water partition coefficient (Wildman–Crippen LogP) is 3.86. The van der Waals surface area contributed by atoms with Crippen LogP contribution in [0.25, 0.3) is 0 Å². The number of aryl methyl sites for hydroxylation is 2. The summed E-state index contributed by atoms with van der Waals surface area (Å²) in [5, 5.41) is 2.96. The van der Waals surface area contributed by atoms with Crippen LogP contribution in [0.2, 0.25) is 0 Å². The molecule has 3 nitrogen and oxygen atoms in total. The molecular formula is C15H20N2OS2. The Morgan fingerprint density at radius 1 is 1.40 bits per heavy atom. The van der Waals surface area contributed by atoms with Gasteiger partial charge in [-0.15, -0.1) is 0 Å². The van der Waals surface area contributed by atoms with E-state index in [0.29, 0.717) is 0 Å². The maximum absolute atomic E-state index is 12.4. The van der Waals surface area contributed by atoms with Gasteiger partial charge in [0, 0.05) is 11.4 Å². The molecule has 20 heavy (non-hydrogen) atoms. The van der Waals surface area contributed by atoms with Gasteiger partial charge in [-0.1, -0.05) is 36.5 Å². The van der Waals surface area contributed by atoms with Gasteiger partial charge in [-0.05, 0) is 43.5 Å². The van der Waals surface area contributed by atoms with Crippen LogP contribution in [-0.2, 0) is 4.79 Å². The number of rotatable bonds is 4. The summed E-state index contributed by atoms with van der Waals surface area (Å²) in [4.78, 5) is 16.8. The van der Waals surface area contributed by atoms with Gasteiger partial charge in [0.1, 0.15) is 4.38 Å². The maximum atomic E-state index is 12.4. The number of amides is 1. The van der Waals surface area contributed by atoms with Crippen molar-refractivity contribution in [3.8, 4) is 0 Å². The Balaban J connectivity index is 2.01. The van der Waals surface area contributed by atoms with Crippen molar-refractivity contribution in [3.63, 3.8) is 0 Å². The third-order valence-electron chi connectivity index (χ3n) is 2.95. The second-order valence-electron chi connectivity index (χ2n) is 4.88. The van der Waals surface area contributed by atoms with Gasteiger partial charge in [0.25, 0.3) is 0 Å². The fourth-order valence-corrected chi connectivity index (χ4v) is 4.25. The number of hydrogen-bond acceptors (Lipinski definition) is 4. The van der Waals surface area contributed by atoms with E-state index in [0.717, 1.165) is 39.9 Å². The van der Waals surface area contributed by atoms with E-state index in [2.05, 4.69) is 16.4 Å². The summed E-state index contributed by atoms with van der Waals surface area (Å²) in [7, 11) is 0. The SMILES string of the molecule is CCC(SC1=NCCS1)C(=O)Nc1cc(C)cc(C)c1. The van der Waals surface area contributed by atoms with Gasteiger partial charge >= 0.3 is 0 Å². The Kier molecular flexibility index (Phi) is 5.54. The van der Waals surface area contributed by atoms with Crippen LogP contribution in [0.3, 0.4) is 0 Å². The quantitative estimate of drug-likeness (QED) is 0.918. The van der Waals surface area contributed by atoms with E-state index in [-0.39, 0.29) is 11.2 Å². The largest absolute Gasteiger partial charge is 0.325 e. The summed E-state index contributed by atoms with van der Waals surface area (Å²) in [5.41, 5.74) is 3.21. The molecule has 1 aliphatic rings. The highest BCUT2D eigenvalue weighted by Gasteiger charge is 2.21. The highest BCUT2D eigenvalue weighted by Crippen LogP contribution is 2.28. The zero-order valence-electron chi connectivity index (χ0n) is 12.1. The second-order valence-corrected chi connectivity index (χ2v) is 7.41. The summed E-state index contributed by atoms with van der Waals surface area (Å²) in [6.07, 6.45) is 0.806. The van der Waals surface area contributed by atoms with E-state index < -0.39 is 0 Å². The van der Waals surface area contributed by atoms with Crippen LogP contribution in [0.5, 0.6) is 0 Å². The lowest BCUT2D eigenvalue weighted by Crippen LogP contribution is -2.25. The van der Waals surface area contributed by atoms with E-state index in [1.165, 1.54) is 0 Å². The van der Waals surface area contributed by atoms with E-state index in [1.807, 2.05) is 32.9 Å². The molecule has 1 aromatic rings. The van der Waals surface area contributed by atoms with Crippen molar-refractivity contribution in [1.29, 1.82) is 0 Å². The lowest BCUT2D eigenvalue weighted by atomic mass is 10.1. The van der Waals surface area contributed by atoms with E-state index in [9.17, 15) is 4.79 Å². The fourth-order valence-electron chi connectivity index (χ4n) is 2.10. The predicted molar refractivity (Wildman–Crippen MR) is 91.0 cm³/mol. The Morgan fingerprint density at radius 2 is 2.10 bits per heavy atom. The van der Waals surface area contributed by atoms with Crippen LogP contribution in [0, 0.1) is 13.8 Å². The smallest absolute Gasteiger partial charge is 0.237 e. The number of carbonyl (C=O) groups excluding carboxylic acids is 1. The van der Waals surface area contributed by atoms with E-state index in [1.54, 1.807) is 23.5 Å². The van der Waals surface area contributed by atoms with Crippen LogP contribution >= 0.6 is 23.5 Å². The molecule has 0 saturated carbocycles. The van der Waals surface area contributed by atoms with Gasteiger partial charge in [0.2, 0.25) is 5.91 Å². The molecule has 0 spiro atoms. The van der Waals surface area contributed by atoms with Gasteiger partial charge < -0.3 is 5.32 Å². The van der Waals surface area contributed by atoms with Gasteiger partial charge in [-0.3, -0.25) is 9.79 Å². The summed E-state index contributed by atoms with van der Waals surface area (Å²) in [6, 6.07) is 6.11.